The first-order chi connectivity index (χ1) is 10.1. The van der Waals surface area contributed by atoms with Gasteiger partial charge in [-0.05, 0) is 49.2 Å². The van der Waals surface area contributed by atoms with E-state index in [2.05, 4.69) is 0 Å². The second-order valence-corrected chi connectivity index (χ2v) is 4.86. The Morgan fingerprint density at radius 1 is 1.24 bits per heavy atom. The predicted octanol–water partition coefficient (Wildman–Crippen LogP) is 3.09. The summed E-state index contributed by atoms with van der Waals surface area (Å²) in [6, 6.07) is 12.2. The molecule has 2 N–H and O–H groups in total. The van der Waals surface area contributed by atoms with Crippen molar-refractivity contribution in [2.75, 3.05) is 6.54 Å². The molecule has 0 aliphatic heterocycles. The van der Waals surface area contributed by atoms with E-state index < -0.39 is 5.82 Å². The summed E-state index contributed by atoms with van der Waals surface area (Å²) in [5.41, 5.74) is 8.60. The lowest BCUT2D eigenvalue weighted by Crippen LogP contribution is -2.06. The molecule has 0 aliphatic carbocycles. The molecule has 0 aliphatic rings. The van der Waals surface area contributed by atoms with Crippen LogP contribution in [0.25, 0.3) is 0 Å². The van der Waals surface area contributed by atoms with Gasteiger partial charge in [-0.3, -0.25) is 0 Å². The number of hydrogen-bond donors (Lipinski definition) is 1. The third-order valence-electron chi connectivity index (χ3n) is 3.18. The van der Waals surface area contributed by atoms with Crippen molar-refractivity contribution in [3.05, 3.63) is 64.5 Å². The molecule has 2 rings (SSSR count). The third kappa shape index (κ3) is 3.80. The predicted molar refractivity (Wildman–Crippen MR) is 79.4 cm³/mol. The molecule has 21 heavy (non-hydrogen) atoms. The van der Waals surface area contributed by atoms with Crippen molar-refractivity contribution in [2.24, 2.45) is 5.73 Å². The smallest absolute Gasteiger partial charge is 0.140 e. The number of nitrogens with two attached hydrogens (primary N) is 1. The highest BCUT2D eigenvalue weighted by Crippen LogP contribution is 2.22. The Morgan fingerprint density at radius 2 is 2.05 bits per heavy atom. The van der Waals surface area contributed by atoms with Gasteiger partial charge in [-0.25, -0.2) is 4.39 Å². The molecule has 0 fully saturated rings. The fourth-order valence-electron chi connectivity index (χ4n) is 2.11. The minimum Gasteiger partial charge on any atom is -0.489 e. The zero-order chi connectivity index (χ0) is 15.2. The van der Waals surface area contributed by atoms with Gasteiger partial charge in [0, 0.05) is 0 Å². The van der Waals surface area contributed by atoms with Gasteiger partial charge < -0.3 is 10.5 Å². The molecule has 0 amide bonds. The van der Waals surface area contributed by atoms with Crippen molar-refractivity contribution in [3.63, 3.8) is 0 Å². The SMILES string of the molecule is Cc1ccc(OCc2ccc(F)c(C#N)c2)c(CCN)c1. The number of nitriles is 1. The Hall–Kier alpha value is -2.38. The van der Waals surface area contributed by atoms with Gasteiger partial charge in [0.25, 0.3) is 0 Å². The van der Waals surface area contributed by atoms with Crippen LogP contribution in [0.15, 0.2) is 36.4 Å². The fraction of sp³-hybridized carbons (Fsp3) is 0.235. The van der Waals surface area contributed by atoms with E-state index in [4.69, 9.17) is 15.7 Å². The summed E-state index contributed by atoms with van der Waals surface area (Å²) in [5, 5.41) is 8.83. The van der Waals surface area contributed by atoms with E-state index in [0.717, 1.165) is 28.9 Å². The van der Waals surface area contributed by atoms with Crippen LogP contribution < -0.4 is 10.5 Å². The molecule has 0 aromatic heterocycles. The van der Waals surface area contributed by atoms with Crippen molar-refractivity contribution in [1.29, 1.82) is 5.26 Å². The van der Waals surface area contributed by atoms with Crippen LogP contribution in [0.2, 0.25) is 0 Å². The van der Waals surface area contributed by atoms with Crippen molar-refractivity contribution in [2.45, 2.75) is 20.0 Å². The molecule has 2 aromatic carbocycles. The van der Waals surface area contributed by atoms with Crippen molar-refractivity contribution >= 4 is 0 Å². The van der Waals surface area contributed by atoms with E-state index in [0.29, 0.717) is 6.54 Å². The Labute approximate surface area is 123 Å². The lowest BCUT2D eigenvalue weighted by molar-refractivity contribution is 0.302. The summed E-state index contributed by atoms with van der Waals surface area (Å²) in [7, 11) is 0. The number of ether oxygens (including phenoxy) is 1. The number of nitrogens with zero attached hydrogens (tertiary/aromatic N) is 1. The third-order valence-corrected chi connectivity index (χ3v) is 3.18. The lowest BCUT2D eigenvalue weighted by atomic mass is 10.1. The first-order valence-electron chi connectivity index (χ1n) is 6.75. The monoisotopic (exact) mass is 284 g/mol. The van der Waals surface area contributed by atoms with Gasteiger partial charge in [0.2, 0.25) is 0 Å². The number of halogens is 1. The van der Waals surface area contributed by atoms with Crippen LogP contribution in [-0.4, -0.2) is 6.54 Å². The topological polar surface area (TPSA) is 59.0 Å². The minimum atomic E-state index is -0.514. The molecule has 0 radical (unpaired) electrons. The van der Waals surface area contributed by atoms with Crippen molar-refractivity contribution in [1.82, 2.24) is 0 Å². The average molecular weight is 284 g/mol. The van der Waals surface area contributed by atoms with E-state index in [9.17, 15) is 4.39 Å². The van der Waals surface area contributed by atoms with Crippen LogP contribution in [0, 0.1) is 24.1 Å². The maximum absolute atomic E-state index is 13.3. The van der Waals surface area contributed by atoms with Crippen LogP contribution in [0.5, 0.6) is 5.75 Å². The summed E-state index contributed by atoms with van der Waals surface area (Å²) >= 11 is 0. The standard InChI is InChI=1S/C17H17FN2O/c1-12-2-5-17(14(8-12)6-7-19)21-11-13-3-4-16(18)15(9-13)10-20/h2-5,8-9H,6-7,11,19H2,1H3. The van der Waals surface area contributed by atoms with Crippen LogP contribution in [0.4, 0.5) is 4.39 Å². The van der Waals surface area contributed by atoms with Crippen LogP contribution in [0.1, 0.15) is 22.3 Å². The highest BCUT2D eigenvalue weighted by atomic mass is 19.1. The quantitative estimate of drug-likeness (QED) is 0.917. The lowest BCUT2D eigenvalue weighted by Gasteiger charge is -2.12. The van der Waals surface area contributed by atoms with Gasteiger partial charge in [0.05, 0.1) is 5.56 Å². The Morgan fingerprint density at radius 3 is 2.76 bits per heavy atom. The average Bonchev–Trinajstić information content (AvgIpc) is 2.48. The minimum absolute atomic E-state index is 0.0298. The molecule has 2 aromatic rings. The first-order valence-corrected chi connectivity index (χ1v) is 6.75. The highest BCUT2D eigenvalue weighted by Gasteiger charge is 2.06. The molecule has 0 bridgehead atoms. The van der Waals surface area contributed by atoms with Gasteiger partial charge in [-0.1, -0.05) is 23.8 Å². The molecule has 0 spiro atoms. The Balaban J connectivity index is 2.15. The molecule has 4 heteroatoms. The van der Waals surface area contributed by atoms with E-state index in [1.807, 2.05) is 31.2 Å². The van der Waals surface area contributed by atoms with Gasteiger partial charge in [-0.2, -0.15) is 5.26 Å². The maximum atomic E-state index is 13.3. The van der Waals surface area contributed by atoms with Crippen LogP contribution >= 0.6 is 0 Å². The zero-order valence-electron chi connectivity index (χ0n) is 11.9. The summed E-state index contributed by atoms with van der Waals surface area (Å²) in [6.45, 7) is 2.85. The molecule has 0 heterocycles. The summed E-state index contributed by atoms with van der Waals surface area (Å²) in [5.74, 6) is 0.259. The number of benzene rings is 2. The molecular formula is C17H17FN2O. The van der Waals surface area contributed by atoms with Crippen LogP contribution in [-0.2, 0) is 13.0 Å². The van der Waals surface area contributed by atoms with Gasteiger partial charge in [0.15, 0.2) is 0 Å². The number of rotatable bonds is 5. The normalized spacial score (nSPS) is 10.2. The van der Waals surface area contributed by atoms with E-state index in [1.165, 1.54) is 12.1 Å². The maximum Gasteiger partial charge on any atom is 0.140 e. The number of hydrogen-bond acceptors (Lipinski definition) is 3. The molecule has 0 saturated carbocycles. The molecule has 0 saturated heterocycles. The van der Waals surface area contributed by atoms with E-state index in [-0.39, 0.29) is 12.2 Å². The fourth-order valence-corrected chi connectivity index (χ4v) is 2.11. The Bertz CT molecular complexity index is 677. The molecule has 0 unspecified atom stereocenters. The van der Waals surface area contributed by atoms with Crippen molar-refractivity contribution < 1.29 is 9.13 Å². The highest BCUT2D eigenvalue weighted by molar-refractivity contribution is 5.38. The molecule has 108 valence electrons. The second-order valence-electron chi connectivity index (χ2n) is 4.86. The molecule has 0 atom stereocenters. The van der Waals surface area contributed by atoms with Gasteiger partial charge in [0.1, 0.15) is 24.2 Å². The van der Waals surface area contributed by atoms with Crippen molar-refractivity contribution in [3.8, 4) is 11.8 Å². The molecule has 3 nitrogen and oxygen atoms in total. The largest absolute Gasteiger partial charge is 0.489 e. The first kappa shape index (κ1) is 15.0. The molecular weight excluding hydrogens is 267 g/mol. The van der Waals surface area contributed by atoms with E-state index in [1.54, 1.807) is 6.07 Å². The number of aryl methyl sites for hydroxylation is 1. The second kappa shape index (κ2) is 6.87. The zero-order valence-corrected chi connectivity index (χ0v) is 11.9. The summed E-state index contributed by atoms with van der Waals surface area (Å²) in [6.07, 6.45) is 0.740. The Kier molecular flexibility index (Phi) is 4.91. The van der Waals surface area contributed by atoms with Gasteiger partial charge in [-0.15, -0.1) is 0 Å². The van der Waals surface area contributed by atoms with E-state index >= 15 is 0 Å². The summed E-state index contributed by atoms with van der Waals surface area (Å²) in [4.78, 5) is 0. The summed E-state index contributed by atoms with van der Waals surface area (Å²) < 4.78 is 19.0. The van der Waals surface area contributed by atoms with Crippen LogP contribution in [0.3, 0.4) is 0 Å². The van der Waals surface area contributed by atoms with Gasteiger partial charge >= 0.3 is 0 Å².